The van der Waals surface area contributed by atoms with E-state index in [-0.39, 0.29) is 19.8 Å². The maximum atomic E-state index is 11.8. The van der Waals surface area contributed by atoms with Gasteiger partial charge in [0.1, 0.15) is 31.4 Å². The Morgan fingerprint density at radius 1 is 0.464 bits per heavy atom. The van der Waals surface area contributed by atoms with Gasteiger partial charge in [0.25, 0.3) is 10.1 Å². The summed E-state index contributed by atoms with van der Waals surface area (Å²) in [6.07, 6.45) is 9.28. The van der Waals surface area contributed by atoms with Gasteiger partial charge in [-0.2, -0.15) is 8.42 Å². The number of halogens is 1. The molecule has 4 aromatic carbocycles. The summed E-state index contributed by atoms with van der Waals surface area (Å²) in [6, 6.07) is 32.2. The SMILES string of the molecule is CNc1ccc(/C=C/c2ccc(OCCOCCOCCOS(C)(=O)=O)cc2)cc1.CNc1ccc(/C=C/c2ccc(OCCOCCOCC[18F])cc2)cc1. The van der Waals surface area contributed by atoms with Crippen LogP contribution in [0.3, 0.4) is 0 Å². The lowest BCUT2D eigenvalue weighted by Crippen LogP contribution is -2.14. The van der Waals surface area contributed by atoms with Gasteiger partial charge < -0.3 is 39.1 Å². The molecule has 0 spiro atoms. The van der Waals surface area contributed by atoms with Crippen LogP contribution in [0.1, 0.15) is 22.3 Å². The van der Waals surface area contributed by atoms with E-state index in [4.69, 9.17) is 28.4 Å². The van der Waals surface area contributed by atoms with Crippen LogP contribution in [0.15, 0.2) is 97.1 Å². The summed E-state index contributed by atoms with van der Waals surface area (Å²) in [5, 5.41) is 6.20. The minimum atomic E-state index is -3.41. The molecular formula is C43H55FN2O9S. The van der Waals surface area contributed by atoms with Gasteiger partial charge in [-0.25, -0.2) is 4.39 Å². The number of nitrogens with one attached hydrogen (secondary N) is 2. The lowest BCUT2D eigenvalue weighted by molar-refractivity contribution is 0.0280. The molecule has 0 aromatic heterocycles. The van der Waals surface area contributed by atoms with Crippen LogP contribution in [-0.2, 0) is 33.2 Å². The number of anilines is 2. The van der Waals surface area contributed by atoms with Gasteiger partial charge in [-0.15, -0.1) is 0 Å². The number of hydrogen-bond acceptors (Lipinski definition) is 11. The van der Waals surface area contributed by atoms with Crippen molar-refractivity contribution in [1.82, 2.24) is 0 Å². The molecule has 0 heterocycles. The van der Waals surface area contributed by atoms with Crippen molar-refractivity contribution in [3.05, 3.63) is 119 Å². The van der Waals surface area contributed by atoms with Gasteiger partial charge in [-0.05, 0) is 70.8 Å². The first-order valence-corrected chi connectivity index (χ1v) is 20.2. The average Bonchev–Trinajstić information content (AvgIpc) is 3.22. The Hall–Kier alpha value is -4.76. The minimum Gasteiger partial charge on any atom is -0.491 e. The molecule has 0 aliphatic heterocycles. The second kappa shape index (κ2) is 27.8. The molecule has 0 radical (unpaired) electrons. The van der Waals surface area contributed by atoms with Crippen molar-refractivity contribution >= 4 is 45.8 Å². The van der Waals surface area contributed by atoms with E-state index >= 15 is 0 Å². The molecule has 0 aliphatic carbocycles. The zero-order valence-electron chi connectivity index (χ0n) is 32.5. The molecule has 0 aliphatic rings. The molecule has 0 bridgehead atoms. The molecule has 0 saturated heterocycles. The summed E-state index contributed by atoms with van der Waals surface area (Å²) in [7, 11) is 0.397. The van der Waals surface area contributed by atoms with Crippen LogP contribution in [0.4, 0.5) is 15.8 Å². The number of ether oxygens (including phenoxy) is 6. The third kappa shape index (κ3) is 21.4. The van der Waals surface area contributed by atoms with Crippen LogP contribution in [0.5, 0.6) is 11.5 Å². The molecule has 56 heavy (non-hydrogen) atoms. The smallest absolute Gasteiger partial charge is 0.264 e. The van der Waals surface area contributed by atoms with Crippen molar-refractivity contribution < 1.29 is 45.4 Å². The number of benzene rings is 4. The monoisotopic (exact) mass is 793 g/mol. The lowest BCUT2D eigenvalue weighted by atomic mass is 10.1. The summed E-state index contributed by atoms with van der Waals surface area (Å²) < 4.78 is 70.1. The van der Waals surface area contributed by atoms with E-state index in [1.54, 1.807) is 0 Å². The second-order valence-corrected chi connectivity index (χ2v) is 13.6. The van der Waals surface area contributed by atoms with E-state index in [0.29, 0.717) is 52.9 Å². The van der Waals surface area contributed by atoms with Gasteiger partial charge >= 0.3 is 0 Å². The van der Waals surface area contributed by atoms with Crippen LogP contribution in [-0.4, -0.2) is 108 Å². The fourth-order valence-electron chi connectivity index (χ4n) is 4.64. The Labute approximate surface area is 331 Å². The predicted octanol–water partition coefficient (Wildman–Crippen LogP) is 7.57. The van der Waals surface area contributed by atoms with Crippen molar-refractivity contribution in [2.75, 3.05) is 110 Å². The van der Waals surface area contributed by atoms with Crippen molar-refractivity contribution in [2.24, 2.45) is 0 Å². The Morgan fingerprint density at radius 3 is 1.09 bits per heavy atom. The zero-order chi connectivity index (χ0) is 40.1. The molecule has 4 rings (SSSR count). The zero-order valence-corrected chi connectivity index (χ0v) is 33.3. The van der Waals surface area contributed by atoms with E-state index in [1.165, 1.54) is 0 Å². The van der Waals surface area contributed by atoms with Crippen molar-refractivity contribution in [2.45, 2.75) is 0 Å². The molecule has 11 nitrogen and oxygen atoms in total. The fourth-order valence-corrected chi connectivity index (χ4v) is 5.01. The van der Waals surface area contributed by atoms with Crippen molar-refractivity contribution in [3.63, 3.8) is 0 Å². The molecule has 0 fully saturated rings. The first-order chi connectivity index (χ1) is 27.3. The van der Waals surface area contributed by atoms with Crippen LogP contribution >= 0.6 is 0 Å². The van der Waals surface area contributed by atoms with Gasteiger partial charge in [0, 0.05) is 25.5 Å². The summed E-state index contributed by atoms with van der Waals surface area (Å²) in [4.78, 5) is 0. The number of rotatable bonds is 26. The van der Waals surface area contributed by atoms with E-state index in [2.05, 4.69) is 63.4 Å². The maximum Gasteiger partial charge on any atom is 0.264 e. The maximum absolute atomic E-state index is 11.8. The van der Waals surface area contributed by atoms with Crippen molar-refractivity contribution in [3.8, 4) is 11.5 Å². The average molecular weight is 794 g/mol. The fraction of sp³-hybridized carbons (Fsp3) is 0.349. The second-order valence-electron chi connectivity index (χ2n) is 11.9. The first-order valence-electron chi connectivity index (χ1n) is 18.4. The number of hydrogen-bond donors (Lipinski definition) is 2. The Morgan fingerprint density at radius 2 is 0.768 bits per heavy atom. The van der Waals surface area contributed by atoms with Crippen LogP contribution in [0.2, 0.25) is 0 Å². The predicted molar refractivity (Wildman–Crippen MR) is 224 cm³/mol. The Balaban J connectivity index is 0.000000303. The topological polar surface area (TPSA) is 123 Å². The van der Waals surface area contributed by atoms with Crippen LogP contribution in [0.25, 0.3) is 24.3 Å². The summed E-state index contributed by atoms with van der Waals surface area (Å²) in [6.45, 7) is 3.32. The van der Waals surface area contributed by atoms with Crippen LogP contribution < -0.4 is 20.1 Å². The molecule has 304 valence electrons. The highest BCUT2D eigenvalue weighted by Gasteiger charge is 2.01. The van der Waals surface area contributed by atoms with Gasteiger partial charge in [-0.1, -0.05) is 72.8 Å². The normalized spacial score (nSPS) is 11.4. The van der Waals surface area contributed by atoms with E-state index in [0.717, 1.165) is 51.4 Å². The summed E-state index contributed by atoms with van der Waals surface area (Å²) >= 11 is 0. The minimum absolute atomic E-state index is 0.00967. The molecule has 0 saturated carbocycles. The van der Waals surface area contributed by atoms with E-state index in [1.807, 2.05) is 86.9 Å². The van der Waals surface area contributed by atoms with Crippen LogP contribution in [0, 0.1) is 0 Å². The molecule has 0 amide bonds. The van der Waals surface area contributed by atoms with E-state index < -0.39 is 16.8 Å². The quantitative estimate of drug-likeness (QED) is 0.0372. The van der Waals surface area contributed by atoms with Crippen molar-refractivity contribution in [1.29, 1.82) is 0 Å². The molecular weight excluding hydrogens is 739 g/mol. The summed E-state index contributed by atoms with van der Waals surface area (Å²) in [5.41, 5.74) is 6.67. The lowest BCUT2D eigenvalue weighted by Gasteiger charge is -2.08. The van der Waals surface area contributed by atoms with Gasteiger partial charge in [0.15, 0.2) is 0 Å². The van der Waals surface area contributed by atoms with E-state index in [9.17, 15) is 12.8 Å². The molecule has 0 atom stereocenters. The number of alkyl halides is 1. The molecule has 13 heteroatoms. The summed E-state index contributed by atoms with van der Waals surface area (Å²) in [5.74, 6) is 1.58. The molecule has 4 aromatic rings. The van der Waals surface area contributed by atoms with Gasteiger partial charge in [0.2, 0.25) is 0 Å². The Kier molecular flexibility index (Phi) is 22.6. The standard InChI is InChI=1S/C22H29NO6S.C21H26FNO3/c1-23-21-9-5-19(6-10-21)3-4-20-7-11-22(12-8-20)28-17-15-26-13-14-27-16-18-29-30(2,24)25;1-23-20-8-4-18(5-9-20)2-3-19-6-10-21(11-7-19)26-17-16-25-15-14-24-13-12-22/h3-12,23H,13-18H2,1-2H3;2-11,23H,12-17H2,1H3/b4-3+;3-2+/i;22-1. The molecule has 2 N–H and O–H groups in total. The highest BCUT2D eigenvalue weighted by Crippen LogP contribution is 2.17. The van der Waals surface area contributed by atoms with Gasteiger partial charge in [0.05, 0.1) is 65.7 Å². The highest BCUT2D eigenvalue weighted by molar-refractivity contribution is 7.85. The highest BCUT2D eigenvalue weighted by atomic mass is 32.2. The van der Waals surface area contributed by atoms with Gasteiger partial charge in [-0.3, -0.25) is 4.18 Å². The molecule has 0 unspecified atom stereocenters. The largest absolute Gasteiger partial charge is 0.491 e. The third-order valence-corrected chi connectivity index (χ3v) is 8.17. The first kappa shape index (κ1) is 45.6. The third-order valence-electron chi connectivity index (χ3n) is 7.58. The Bertz CT molecular complexity index is 1770.